The zero-order valence-electron chi connectivity index (χ0n) is 14.7. The molecule has 0 saturated heterocycles. The van der Waals surface area contributed by atoms with Crippen molar-refractivity contribution in [3.63, 3.8) is 0 Å². The second-order valence-electron chi connectivity index (χ2n) is 5.80. The number of hydrogen-bond acceptors (Lipinski definition) is 6. The number of hydrogen-bond donors (Lipinski definition) is 1. The number of aromatic nitrogens is 3. The summed E-state index contributed by atoms with van der Waals surface area (Å²) in [5, 5.41) is 5.23. The van der Waals surface area contributed by atoms with Crippen molar-refractivity contribution < 1.29 is 4.74 Å². The Kier molecular flexibility index (Phi) is 4.70. The number of hydrazone groups is 1. The Bertz CT molecular complexity index is 1100. The van der Waals surface area contributed by atoms with Gasteiger partial charge < -0.3 is 4.74 Å². The highest BCUT2D eigenvalue weighted by Gasteiger charge is 2.08. The van der Waals surface area contributed by atoms with Gasteiger partial charge in [0.2, 0.25) is 0 Å². The minimum Gasteiger partial charge on any atom is -0.497 e. The van der Waals surface area contributed by atoms with Gasteiger partial charge in [0, 0.05) is 23.3 Å². The summed E-state index contributed by atoms with van der Waals surface area (Å²) in [6, 6.07) is 19.3. The molecular formula is C21H17N5O. The zero-order chi connectivity index (χ0) is 18.5. The third-order valence-corrected chi connectivity index (χ3v) is 4.00. The second kappa shape index (κ2) is 7.61. The highest BCUT2D eigenvalue weighted by atomic mass is 16.5. The van der Waals surface area contributed by atoms with Gasteiger partial charge in [-0.05, 0) is 42.0 Å². The predicted octanol–water partition coefficient (Wildman–Crippen LogP) is 4.15. The standard InChI is InChI=1S/C21H17N5O/c1-27-17-8-4-6-15(12-17)13-23-26-21-18-9-2-3-10-19(18)24-20(25-21)16-7-5-11-22-14-16/h2-14H,1H3,(H,24,25,26)/b23-13+. The molecule has 0 aliphatic heterocycles. The van der Waals surface area contributed by atoms with Crippen LogP contribution in [0.25, 0.3) is 22.3 Å². The Morgan fingerprint density at radius 1 is 1.00 bits per heavy atom. The number of anilines is 1. The molecule has 6 heteroatoms. The Hall–Kier alpha value is -3.80. The van der Waals surface area contributed by atoms with Crippen LogP contribution in [0.2, 0.25) is 0 Å². The largest absolute Gasteiger partial charge is 0.497 e. The third-order valence-electron chi connectivity index (χ3n) is 4.00. The van der Waals surface area contributed by atoms with Gasteiger partial charge in [-0.25, -0.2) is 9.97 Å². The van der Waals surface area contributed by atoms with Crippen molar-refractivity contribution in [1.82, 2.24) is 15.0 Å². The molecule has 2 aromatic heterocycles. The van der Waals surface area contributed by atoms with E-state index in [1.807, 2.05) is 60.7 Å². The average molecular weight is 355 g/mol. The minimum atomic E-state index is 0.598. The molecule has 132 valence electrons. The first-order valence-electron chi connectivity index (χ1n) is 8.44. The maximum absolute atomic E-state index is 5.23. The fraction of sp³-hybridized carbons (Fsp3) is 0.0476. The number of methoxy groups -OCH3 is 1. The van der Waals surface area contributed by atoms with Gasteiger partial charge in [0.25, 0.3) is 0 Å². The zero-order valence-corrected chi connectivity index (χ0v) is 14.7. The van der Waals surface area contributed by atoms with Gasteiger partial charge in [0.15, 0.2) is 11.6 Å². The van der Waals surface area contributed by atoms with Crippen LogP contribution < -0.4 is 10.2 Å². The third kappa shape index (κ3) is 3.74. The van der Waals surface area contributed by atoms with Crippen molar-refractivity contribution in [3.05, 3.63) is 78.6 Å². The van der Waals surface area contributed by atoms with Gasteiger partial charge in [0.05, 0.1) is 18.8 Å². The number of nitrogens with one attached hydrogen (secondary N) is 1. The van der Waals surface area contributed by atoms with Crippen LogP contribution in [-0.2, 0) is 0 Å². The molecule has 1 N–H and O–H groups in total. The summed E-state index contributed by atoms with van der Waals surface area (Å²) in [6.07, 6.45) is 5.19. The van der Waals surface area contributed by atoms with Crippen LogP contribution in [0.15, 0.2) is 78.2 Å². The number of pyridine rings is 1. The fourth-order valence-electron chi connectivity index (χ4n) is 2.68. The number of nitrogens with zero attached hydrogens (tertiary/aromatic N) is 4. The quantitative estimate of drug-likeness (QED) is 0.430. The van der Waals surface area contributed by atoms with E-state index in [2.05, 4.69) is 25.5 Å². The van der Waals surface area contributed by atoms with Crippen LogP contribution in [0.5, 0.6) is 5.75 Å². The summed E-state index contributed by atoms with van der Waals surface area (Å²) in [7, 11) is 1.64. The van der Waals surface area contributed by atoms with E-state index in [9.17, 15) is 0 Å². The van der Waals surface area contributed by atoms with Crippen LogP contribution >= 0.6 is 0 Å². The van der Waals surface area contributed by atoms with E-state index in [0.717, 1.165) is 27.8 Å². The van der Waals surface area contributed by atoms with Crippen molar-refractivity contribution in [2.75, 3.05) is 12.5 Å². The summed E-state index contributed by atoms with van der Waals surface area (Å²) in [6.45, 7) is 0. The summed E-state index contributed by atoms with van der Waals surface area (Å²) >= 11 is 0. The van der Waals surface area contributed by atoms with E-state index in [4.69, 9.17) is 4.74 Å². The average Bonchev–Trinajstić information content (AvgIpc) is 2.74. The van der Waals surface area contributed by atoms with E-state index in [1.165, 1.54) is 0 Å². The lowest BCUT2D eigenvalue weighted by Crippen LogP contribution is -1.99. The fourth-order valence-corrected chi connectivity index (χ4v) is 2.68. The van der Waals surface area contributed by atoms with Crippen LogP contribution in [0.1, 0.15) is 5.56 Å². The van der Waals surface area contributed by atoms with Crippen LogP contribution in [-0.4, -0.2) is 28.3 Å². The molecule has 0 aliphatic carbocycles. The molecule has 4 rings (SSSR count). The molecule has 4 aromatic rings. The van der Waals surface area contributed by atoms with E-state index < -0.39 is 0 Å². The molecule has 0 amide bonds. The lowest BCUT2D eigenvalue weighted by atomic mass is 10.2. The van der Waals surface area contributed by atoms with E-state index >= 15 is 0 Å². The minimum absolute atomic E-state index is 0.598. The summed E-state index contributed by atoms with van der Waals surface area (Å²) < 4.78 is 5.23. The molecule has 0 aliphatic rings. The predicted molar refractivity (Wildman–Crippen MR) is 107 cm³/mol. The van der Waals surface area contributed by atoms with Crippen molar-refractivity contribution >= 4 is 22.9 Å². The van der Waals surface area contributed by atoms with Crippen molar-refractivity contribution in [1.29, 1.82) is 0 Å². The van der Waals surface area contributed by atoms with Gasteiger partial charge in [-0.2, -0.15) is 5.10 Å². The van der Waals surface area contributed by atoms with E-state index in [1.54, 1.807) is 25.7 Å². The Labute approximate surface area is 156 Å². The van der Waals surface area contributed by atoms with Crippen molar-refractivity contribution in [3.8, 4) is 17.1 Å². The number of benzene rings is 2. The Balaban J connectivity index is 1.68. The summed E-state index contributed by atoms with van der Waals surface area (Å²) in [5.74, 6) is 2.02. The molecule has 27 heavy (non-hydrogen) atoms. The maximum Gasteiger partial charge on any atom is 0.163 e. The SMILES string of the molecule is COc1cccc(/C=N/Nc2nc(-c3cccnc3)nc3ccccc23)c1. The Morgan fingerprint density at radius 3 is 2.78 bits per heavy atom. The highest BCUT2D eigenvalue weighted by molar-refractivity contribution is 5.91. The highest BCUT2D eigenvalue weighted by Crippen LogP contribution is 2.24. The molecule has 0 radical (unpaired) electrons. The molecule has 0 saturated carbocycles. The Morgan fingerprint density at radius 2 is 1.93 bits per heavy atom. The second-order valence-corrected chi connectivity index (χ2v) is 5.80. The van der Waals surface area contributed by atoms with Gasteiger partial charge >= 0.3 is 0 Å². The first-order valence-corrected chi connectivity index (χ1v) is 8.44. The number of ether oxygens (including phenoxy) is 1. The summed E-state index contributed by atoms with van der Waals surface area (Å²) in [4.78, 5) is 13.4. The monoisotopic (exact) mass is 355 g/mol. The van der Waals surface area contributed by atoms with Gasteiger partial charge in [-0.15, -0.1) is 0 Å². The van der Waals surface area contributed by atoms with Crippen LogP contribution in [0.3, 0.4) is 0 Å². The van der Waals surface area contributed by atoms with Crippen molar-refractivity contribution in [2.24, 2.45) is 5.10 Å². The maximum atomic E-state index is 5.23. The van der Waals surface area contributed by atoms with Crippen LogP contribution in [0.4, 0.5) is 5.82 Å². The first-order chi connectivity index (χ1) is 13.3. The molecule has 0 spiro atoms. The molecule has 2 heterocycles. The van der Waals surface area contributed by atoms with Gasteiger partial charge in [-0.3, -0.25) is 10.4 Å². The number of rotatable bonds is 5. The summed E-state index contributed by atoms with van der Waals surface area (Å²) in [5.41, 5.74) is 5.65. The van der Waals surface area contributed by atoms with E-state index in [-0.39, 0.29) is 0 Å². The van der Waals surface area contributed by atoms with Gasteiger partial charge in [-0.1, -0.05) is 24.3 Å². The smallest absolute Gasteiger partial charge is 0.163 e. The molecule has 0 unspecified atom stereocenters. The molecular weight excluding hydrogens is 338 g/mol. The molecule has 0 fully saturated rings. The molecule has 0 atom stereocenters. The lowest BCUT2D eigenvalue weighted by molar-refractivity contribution is 0.415. The lowest BCUT2D eigenvalue weighted by Gasteiger charge is -2.08. The molecule has 2 aromatic carbocycles. The van der Waals surface area contributed by atoms with Crippen LogP contribution in [0, 0.1) is 0 Å². The van der Waals surface area contributed by atoms with E-state index in [0.29, 0.717) is 11.6 Å². The van der Waals surface area contributed by atoms with Gasteiger partial charge in [0.1, 0.15) is 5.75 Å². The number of para-hydroxylation sites is 1. The molecule has 0 bridgehead atoms. The first kappa shape index (κ1) is 16.7. The van der Waals surface area contributed by atoms with Crippen molar-refractivity contribution in [2.45, 2.75) is 0 Å². The normalized spacial score (nSPS) is 11.0. The topological polar surface area (TPSA) is 72.3 Å². The molecule has 6 nitrogen and oxygen atoms in total. The number of fused-ring (bicyclic) bond motifs is 1.